The van der Waals surface area contributed by atoms with Gasteiger partial charge in [-0.2, -0.15) is 0 Å². The third-order valence-electron chi connectivity index (χ3n) is 3.06. The lowest BCUT2D eigenvalue weighted by Crippen LogP contribution is -2.52. The van der Waals surface area contributed by atoms with Gasteiger partial charge in [0.1, 0.15) is 11.6 Å². The van der Waals surface area contributed by atoms with Gasteiger partial charge >= 0.3 is 0 Å². The third kappa shape index (κ3) is 2.25. The Balaban J connectivity index is 1.81. The molecule has 8 heteroatoms. The minimum absolute atomic E-state index is 0.225. The van der Waals surface area contributed by atoms with Gasteiger partial charge in [-0.05, 0) is 30.1 Å². The number of piperidine rings is 1. The zero-order valence-electron chi connectivity index (χ0n) is 10.3. The molecule has 2 N–H and O–H groups in total. The molecule has 1 aromatic carbocycles. The molecule has 1 saturated heterocycles. The average molecular weight is 290 g/mol. The van der Waals surface area contributed by atoms with Crippen LogP contribution in [0.1, 0.15) is 23.2 Å². The number of carbonyl (C=O) groups is 3. The van der Waals surface area contributed by atoms with Gasteiger partial charge in [-0.25, -0.2) is 0 Å². The first kappa shape index (κ1) is 12.7. The molecule has 1 aliphatic rings. The number of fused-ring (bicyclic) bond motifs is 1. The molecule has 102 valence electrons. The largest absolute Gasteiger partial charge is 0.340 e. The van der Waals surface area contributed by atoms with Crippen LogP contribution < -0.4 is 10.6 Å². The number of benzene rings is 1. The van der Waals surface area contributed by atoms with E-state index in [1.807, 2.05) is 0 Å². The van der Waals surface area contributed by atoms with Crippen LogP contribution in [0.5, 0.6) is 0 Å². The highest BCUT2D eigenvalue weighted by Crippen LogP contribution is 2.20. The molecule has 1 aliphatic heterocycles. The molecule has 0 bridgehead atoms. The summed E-state index contributed by atoms with van der Waals surface area (Å²) in [4.78, 5) is 34.9. The lowest BCUT2D eigenvalue weighted by atomic mass is 10.1. The molecule has 1 aromatic heterocycles. The normalized spacial score (nSPS) is 18.9. The van der Waals surface area contributed by atoms with Crippen LogP contribution in [0, 0.1) is 0 Å². The molecule has 0 radical (unpaired) electrons. The van der Waals surface area contributed by atoms with E-state index < -0.39 is 11.9 Å². The van der Waals surface area contributed by atoms with Gasteiger partial charge in [-0.1, -0.05) is 10.6 Å². The fraction of sp³-hybridized carbons (Fsp3) is 0.250. The second-order valence-corrected chi connectivity index (χ2v) is 5.16. The Morgan fingerprint density at radius 3 is 3.05 bits per heavy atom. The smallest absolute Gasteiger partial charge is 0.253 e. The highest BCUT2D eigenvalue weighted by molar-refractivity contribution is 7.13. The number of nitrogens with one attached hydrogen (secondary N) is 2. The lowest BCUT2D eigenvalue weighted by Gasteiger charge is -2.21. The van der Waals surface area contributed by atoms with Crippen molar-refractivity contribution in [1.29, 1.82) is 0 Å². The van der Waals surface area contributed by atoms with Crippen molar-refractivity contribution in [2.24, 2.45) is 0 Å². The minimum Gasteiger partial charge on any atom is -0.340 e. The van der Waals surface area contributed by atoms with Gasteiger partial charge in [0.05, 0.1) is 10.3 Å². The molecule has 0 saturated carbocycles. The summed E-state index contributed by atoms with van der Waals surface area (Å²) in [7, 11) is 0. The number of hydrogen-bond donors (Lipinski definition) is 2. The summed E-state index contributed by atoms with van der Waals surface area (Å²) >= 11 is 1.13. The Labute approximate surface area is 117 Å². The van der Waals surface area contributed by atoms with Crippen LogP contribution in [-0.4, -0.2) is 33.4 Å². The van der Waals surface area contributed by atoms with E-state index in [0.717, 1.165) is 11.5 Å². The molecule has 20 heavy (non-hydrogen) atoms. The van der Waals surface area contributed by atoms with Gasteiger partial charge in [0, 0.05) is 6.42 Å². The highest BCUT2D eigenvalue weighted by Gasteiger charge is 2.28. The number of rotatable bonds is 2. The molecule has 2 aromatic rings. The number of aromatic nitrogens is 2. The molecule has 3 amide bonds. The fourth-order valence-electron chi connectivity index (χ4n) is 2.05. The minimum atomic E-state index is -0.684. The van der Waals surface area contributed by atoms with Crippen LogP contribution in [0.2, 0.25) is 0 Å². The van der Waals surface area contributed by atoms with E-state index in [1.54, 1.807) is 18.2 Å². The molecule has 3 rings (SSSR count). The molecular formula is C12H10N4O3S. The van der Waals surface area contributed by atoms with Crippen molar-refractivity contribution in [3.63, 3.8) is 0 Å². The summed E-state index contributed by atoms with van der Waals surface area (Å²) in [5, 5.41) is 8.74. The molecule has 7 nitrogen and oxygen atoms in total. The van der Waals surface area contributed by atoms with E-state index in [0.29, 0.717) is 22.2 Å². The van der Waals surface area contributed by atoms with Crippen LogP contribution in [-0.2, 0) is 9.59 Å². The Bertz CT molecular complexity index is 712. The molecule has 1 unspecified atom stereocenters. The number of imide groups is 1. The fourth-order valence-corrected chi connectivity index (χ4v) is 2.72. The quantitative estimate of drug-likeness (QED) is 0.771. The van der Waals surface area contributed by atoms with Crippen molar-refractivity contribution < 1.29 is 14.4 Å². The third-order valence-corrected chi connectivity index (χ3v) is 3.84. The lowest BCUT2D eigenvalue weighted by molar-refractivity contribution is -0.134. The number of amides is 3. The van der Waals surface area contributed by atoms with Crippen molar-refractivity contribution in [2.75, 3.05) is 0 Å². The summed E-state index contributed by atoms with van der Waals surface area (Å²) in [5.74, 6) is -1.14. The molecule has 2 heterocycles. The SMILES string of the molecule is O=C1CCC(NC(=O)c2cccc3nnsc23)C(=O)N1. The van der Waals surface area contributed by atoms with Crippen molar-refractivity contribution in [2.45, 2.75) is 18.9 Å². The van der Waals surface area contributed by atoms with E-state index in [-0.39, 0.29) is 18.2 Å². The second-order valence-electron chi connectivity index (χ2n) is 4.40. The van der Waals surface area contributed by atoms with Gasteiger partial charge in [0.2, 0.25) is 11.8 Å². The van der Waals surface area contributed by atoms with Crippen LogP contribution in [0.3, 0.4) is 0 Å². The summed E-state index contributed by atoms with van der Waals surface area (Å²) in [6.07, 6.45) is 0.538. The van der Waals surface area contributed by atoms with Crippen molar-refractivity contribution in [3.8, 4) is 0 Å². The first-order valence-corrected chi connectivity index (χ1v) is 6.78. The maximum absolute atomic E-state index is 12.2. The van der Waals surface area contributed by atoms with Gasteiger partial charge in [-0.15, -0.1) is 5.10 Å². The van der Waals surface area contributed by atoms with Crippen molar-refractivity contribution >= 4 is 39.5 Å². The maximum Gasteiger partial charge on any atom is 0.253 e. The van der Waals surface area contributed by atoms with E-state index in [9.17, 15) is 14.4 Å². The summed E-state index contributed by atoms with van der Waals surface area (Å²) in [6, 6.07) is 4.45. The van der Waals surface area contributed by atoms with E-state index in [1.165, 1.54) is 0 Å². The molecule has 1 atom stereocenters. The zero-order valence-corrected chi connectivity index (χ0v) is 11.1. The van der Waals surface area contributed by atoms with Crippen LogP contribution >= 0.6 is 11.5 Å². The average Bonchev–Trinajstić information content (AvgIpc) is 2.90. The summed E-state index contributed by atoms with van der Waals surface area (Å²) < 4.78 is 4.48. The van der Waals surface area contributed by atoms with Crippen LogP contribution in [0.4, 0.5) is 0 Å². The Hall–Kier alpha value is -2.35. The van der Waals surface area contributed by atoms with E-state index in [2.05, 4.69) is 20.2 Å². The maximum atomic E-state index is 12.2. The van der Waals surface area contributed by atoms with E-state index in [4.69, 9.17) is 0 Å². The molecular weight excluding hydrogens is 280 g/mol. The molecule has 0 aliphatic carbocycles. The van der Waals surface area contributed by atoms with Gasteiger partial charge in [0.15, 0.2) is 0 Å². The second kappa shape index (κ2) is 4.97. The predicted molar refractivity (Wildman–Crippen MR) is 71.1 cm³/mol. The summed E-state index contributed by atoms with van der Waals surface area (Å²) in [5.41, 5.74) is 1.08. The number of nitrogens with zero attached hydrogens (tertiary/aromatic N) is 2. The predicted octanol–water partition coefficient (Wildman–Crippen LogP) is 0.226. The van der Waals surface area contributed by atoms with E-state index >= 15 is 0 Å². The first-order valence-electron chi connectivity index (χ1n) is 6.01. The van der Waals surface area contributed by atoms with Crippen molar-refractivity contribution in [3.05, 3.63) is 23.8 Å². The van der Waals surface area contributed by atoms with Crippen molar-refractivity contribution in [1.82, 2.24) is 20.2 Å². The van der Waals surface area contributed by atoms with Gasteiger partial charge in [0.25, 0.3) is 5.91 Å². The Morgan fingerprint density at radius 1 is 1.40 bits per heavy atom. The Kier molecular flexibility index (Phi) is 3.15. The summed E-state index contributed by atoms with van der Waals surface area (Å²) in [6.45, 7) is 0. The van der Waals surface area contributed by atoms with Crippen LogP contribution in [0.15, 0.2) is 18.2 Å². The molecule has 1 fully saturated rings. The zero-order chi connectivity index (χ0) is 14.1. The van der Waals surface area contributed by atoms with Crippen LogP contribution in [0.25, 0.3) is 10.2 Å². The molecule has 0 spiro atoms. The monoisotopic (exact) mass is 290 g/mol. The Morgan fingerprint density at radius 2 is 2.25 bits per heavy atom. The first-order chi connectivity index (χ1) is 9.65. The highest BCUT2D eigenvalue weighted by atomic mass is 32.1. The topological polar surface area (TPSA) is 101 Å². The number of carbonyl (C=O) groups excluding carboxylic acids is 3. The number of hydrogen-bond acceptors (Lipinski definition) is 6. The standard InChI is InChI=1S/C12H10N4O3S/c17-9-5-4-8(12(19)14-9)13-11(18)6-2-1-3-7-10(6)20-16-15-7/h1-3,8H,4-5H2,(H,13,18)(H,14,17,19). The van der Waals surface area contributed by atoms with Gasteiger partial charge < -0.3 is 5.32 Å². The van der Waals surface area contributed by atoms with Gasteiger partial charge in [-0.3, -0.25) is 19.7 Å².